The maximum atomic E-state index is 8.93. The van der Waals surface area contributed by atoms with Gasteiger partial charge in [-0.15, -0.1) is 0 Å². The number of benzene rings is 1. The highest BCUT2D eigenvalue weighted by Gasteiger charge is 2.26. The van der Waals surface area contributed by atoms with Crippen LogP contribution in [0, 0.1) is 18.3 Å². The Balaban J connectivity index is 1.56. The van der Waals surface area contributed by atoms with E-state index in [1.807, 2.05) is 49.4 Å². The van der Waals surface area contributed by atoms with Gasteiger partial charge in [-0.05, 0) is 86.2 Å². The van der Waals surface area contributed by atoms with Crippen LogP contribution in [0.2, 0.25) is 0 Å². The molecule has 3 heterocycles. The van der Waals surface area contributed by atoms with Crippen LogP contribution in [0.4, 0.5) is 0 Å². The first-order valence-corrected chi connectivity index (χ1v) is 10.5. The Morgan fingerprint density at radius 3 is 2.76 bits per heavy atom. The van der Waals surface area contributed by atoms with E-state index in [2.05, 4.69) is 23.8 Å². The maximum absolute atomic E-state index is 8.93. The van der Waals surface area contributed by atoms with E-state index >= 15 is 0 Å². The van der Waals surface area contributed by atoms with Gasteiger partial charge < -0.3 is 4.42 Å². The van der Waals surface area contributed by atoms with Crippen LogP contribution in [-0.2, 0) is 6.37 Å². The lowest BCUT2D eigenvalue weighted by molar-refractivity contribution is 0.191. The molecule has 1 aliphatic carbocycles. The van der Waals surface area contributed by atoms with Gasteiger partial charge in [-0.3, -0.25) is 4.98 Å². The molecule has 4 aromatic rings. The van der Waals surface area contributed by atoms with E-state index in [4.69, 9.17) is 7.16 Å². The Morgan fingerprint density at radius 2 is 1.93 bits per heavy atom. The normalized spacial score (nSPS) is 18.7. The molecule has 1 saturated carbocycles. The van der Waals surface area contributed by atoms with Gasteiger partial charge in [0.15, 0.2) is 0 Å². The van der Waals surface area contributed by atoms with E-state index in [1.165, 1.54) is 0 Å². The molecule has 148 valence electrons. The summed E-state index contributed by atoms with van der Waals surface area (Å²) in [6, 6.07) is 13.8. The summed E-state index contributed by atoms with van der Waals surface area (Å²) in [6.45, 7) is 6.52. The monoisotopic (exact) mass is 386 g/mol. The molecule has 0 unspecified atom stereocenters. The second-order valence-corrected chi connectivity index (χ2v) is 9.10. The molecule has 1 aromatic carbocycles. The molecule has 0 aliphatic heterocycles. The Morgan fingerprint density at radius 1 is 1.10 bits per heavy atom. The van der Waals surface area contributed by atoms with Crippen LogP contribution in [0.3, 0.4) is 0 Å². The summed E-state index contributed by atoms with van der Waals surface area (Å²) < 4.78 is 24.0. The first-order chi connectivity index (χ1) is 14.7. The zero-order chi connectivity index (χ0) is 21.8. The van der Waals surface area contributed by atoms with Crippen molar-refractivity contribution in [2.24, 2.45) is 11.3 Å². The van der Waals surface area contributed by atoms with E-state index in [1.54, 1.807) is 6.20 Å². The fraction of sp³-hybridized carbons (Fsp3) is 0.385. The van der Waals surface area contributed by atoms with Crippen molar-refractivity contribution < 1.29 is 7.16 Å². The van der Waals surface area contributed by atoms with E-state index in [0.29, 0.717) is 16.7 Å². The largest absolute Gasteiger partial charge is 0.437 e. The second-order valence-electron chi connectivity index (χ2n) is 9.10. The van der Waals surface area contributed by atoms with Gasteiger partial charge in [0.2, 0.25) is 5.71 Å². The fourth-order valence-corrected chi connectivity index (χ4v) is 4.42. The second kappa shape index (κ2) is 6.98. The van der Waals surface area contributed by atoms with Crippen LogP contribution < -0.4 is 0 Å². The van der Waals surface area contributed by atoms with Crippen molar-refractivity contribution in [2.45, 2.75) is 52.8 Å². The average molecular weight is 387 g/mol. The first kappa shape index (κ1) is 16.2. The van der Waals surface area contributed by atoms with E-state index < -0.39 is 6.37 Å². The van der Waals surface area contributed by atoms with Gasteiger partial charge in [-0.2, -0.15) is 0 Å². The third kappa shape index (κ3) is 3.55. The minimum Gasteiger partial charge on any atom is -0.437 e. The summed E-state index contributed by atoms with van der Waals surface area (Å²) in [7, 11) is 0. The van der Waals surface area contributed by atoms with Crippen LogP contribution in [0.1, 0.15) is 53.5 Å². The highest BCUT2D eigenvalue weighted by molar-refractivity contribution is 6.08. The van der Waals surface area contributed by atoms with Gasteiger partial charge in [0.05, 0.1) is 5.69 Å². The molecule has 0 bridgehead atoms. The van der Waals surface area contributed by atoms with Gasteiger partial charge in [0.25, 0.3) is 0 Å². The number of rotatable bonds is 3. The molecule has 3 heteroatoms. The highest BCUT2D eigenvalue weighted by atomic mass is 16.3. The minimum atomic E-state index is -1.38. The Labute approximate surface area is 175 Å². The molecule has 0 amide bonds. The van der Waals surface area contributed by atoms with Crippen LogP contribution in [-0.4, -0.2) is 9.97 Å². The third-order valence-corrected chi connectivity index (χ3v) is 6.25. The van der Waals surface area contributed by atoms with Gasteiger partial charge >= 0.3 is 0 Å². The van der Waals surface area contributed by atoms with Crippen molar-refractivity contribution in [1.29, 1.82) is 0 Å². The van der Waals surface area contributed by atoms with Crippen molar-refractivity contribution in [3.05, 3.63) is 59.9 Å². The zero-order valence-electron chi connectivity index (χ0n) is 19.3. The summed E-state index contributed by atoms with van der Waals surface area (Å²) >= 11 is 0. The Hall–Kier alpha value is -2.68. The number of pyridine rings is 2. The molecular weight excluding hydrogens is 356 g/mol. The smallest absolute Gasteiger partial charge is 0.227 e. The van der Waals surface area contributed by atoms with Gasteiger partial charge in [0.1, 0.15) is 5.58 Å². The number of para-hydroxylation sites is 1. The number of furan rings is 1. The molecule has 0 saturated heterocycles. The molecule has 1 aliphatic rings. The minimum absolute atomic E-state index is 0.0324. The predicted molar refractivity (Wildman–Crippen MR) is 119 cm³/mol. The molecule has 0 N–H and O–H groups in total. The summed E-state index contributed by atoms with van der Waals surface area (Å²) in [5.41, 5.74) is 4.91. The number of hydrogen-bond acceptors (Lipinski definition) is 3. The maximum Gasteiger partial charge on any atom is 0.227 e. The Bertz CT molecular complexity index is 1270. The van der Waals surface area contributed by atoms with Crippen LogP contribution in [0.25, 0.3) is 33.3 Å². The molecule has 3 aromatic heterocycles. The van der Waals surface area contributed by atoms with Crippen molar-refractivity contribution >= 4 is 22.1 Å². The molecule has 0 radical (unpaired) electrons. The SMILES string of the molecule is [2H]C([2H])(c1ccnc(-c2cccc3c2oc2nc(C)ccc23)c1)C1CCC(C)(C)CC1. The molecule has 3 nitrogen and oxygen atoms in total. The lowest BCUT2D eigenvalue weighted by Gasteiger charge is -2.34. The molecule has 5 rings (SSSR count). The standard InChI is InChI=1S/C26H28N2O/c1-17-7-8-21-20-5-4-6-22(24(20)29-25(21)28-17)23-16-19(11-14-27-23)15-18-9-12-26(2,3)13-10-18/h4-8,11,14,16,18H,9-10,12-13,15H2,1-3H3/i15D2. The first-order valence-electron chi connectivity index (χ1n) is 11.5. The molecule has 0 atom stereocenters. The molecule has 0 spiro atoms. The summed E-state index contributed by atoms with van der Waals surface area (Å²) in [6.07, 6.45) is 4.32. The third-order valence-electron chi connectivity index (χ3n) is 6.25. The van der Waals surface area contributed by atoms with E-state index in [9.17, 15) is 0 Å². The number of aryl methyl sites for hydroxylation is 1. The molecule has 29 heavy (non-hydrogen) atoms. The van der Waals surface area contributed by atoms with Gasteiger partial charge in [-0.25, -0.2) is 4.98 Å². The topological polar surface area (TPSA) is 38.9 Å². The average Bonchev–Trinajstić information content (AvgIpc) is 3.11. The Kier molecular flexibility index (Phi) is 3.89. The fourth-order valence-electron chi connectivity index (χ4n) is 4.42. The molecule has 1 fully saturated rings. The van der Waals surface area contributed by atoms with Crippen molar-refractivity contribution in [3.8, 4) is 11.3 Å². The van der Waals surface area contributed by atoms with Gasteiger partial charge in [-0.1, -0.05) is 26.0 Å². The van der Waals surface area contributed by atoms with E-state index in [0.717, 1.165) is 59.0 Å². The van der Waals surface area contributed by atoms with Crippen molar-refractivity contribution in [2.75, 3.05) is 0 Å². The van der Waals surface area contributed by atoms with Crippen LogP contribution in [0.5, 0.6) is 0 Å². The van der Waals surface area contributed by atoms with E-state index in [-0.39, 0.29) is 5.92 Å². The zero-order valence-corrected chi connectivity index (χ0v) is 17.3. The quantitative estimate of drug-likeness (QED) is 0.376. The van der Waals surface area contributed by atoms with Crippen molar-refractivity contribution in [1.82, 2.24) is 9.97 Å². The lowest BCUT2D eigenvalue weighted by atomic mass is 9.72. The van der Waals surface area contributed by atoms with Crippen molar-refractivity contribution in [3.63, 3.8) is 0 Å². The number of nitrogens with zero attached hydrogens (tertiary/aromatic N) is 2. The van der Waals surface area contributed by atoms with Crippen LogP contribution >= 0.6 is 0 Å². The molecular formula is C26H28N2O. The number of fused-ring (bicyclic) bond motifs is 3. The summed E-state index contributed by atoms with van der Waals surface area (Å²) in [5.74, 6) is 0.0324. The lowest BCUT2D eigenvalue weighted by Crippen LogP contribution is -2.22. The summed E-state index contributed by atoms with van der Waals surface area (Å²) in [5, 5.41) is 1.99. The predicted octanol–water partition coefficient (Wildman–Crippen LogP) is 7.11. The highest BCUT2D eigenvalue weighted by Crippen LogP contribution is 2.39. The van der Waals surface area contributed by atoms with Crippen LogP contribution in [0.15, 0.2) is 53.1 Å². The number of aromatic nitrogens is 2. The van der Waals surface area contributed by atoms with Gasteiger partial charge in [0, 0.05) is 31.0 Å². The summed E-state index contributed by atoms with van der Waals surface area (Å²) in [4.78, 5) is 9.11. The number of hydrogen-bond donors (Lipinski definition) is 0.